The van der Waals surface area contributed by atoms with Gasteiger partial charge in [0.15, 0.2) is 0 Å². The molecule has 0 radical (unpaired) electrons. The molecule has 0 aliphatic carbocycles. The summed E-state index contributed by atoms with van der Waals surface area (Å²) < 4.78 is 7.08. The van der Waals surface area contributed by atoms with Crippen molar-refractivity contribution in [2.75, 3.05) is 31.1 Å². The van der Waals surface area contributed by atoms with Crippen LogP contribution in [-0.4, -0.2) is 41.8 Å². The minimum atomic E-state index is -0.361. The lowest BCUT2D eigenvalue weighted by atomic mass is 9.97. The topological polar surface area (TPSA) is 73.4 Å². The highest BCUT2D eigenvalue weighted by atomic mass is 16.5. The third kappa shape index (κ3) is 8.57. The summed E-state index contributed by atoms with van der Waals surface area (Å²) >= 11 is 0. The second-order valence-corrected chi connectivity index (χ2v) is 6.75. The van der Waals surface area contributed by atoms with E-state index in [-0.39, 0.29) is 5.97 Å². The Morgan fingerprint density at radius 3 is 2.33 bits per heavy atom. The Hall–Kier alpha value is -2.34. The zero-order valence-corrected chi connectivity index (χ0v) is 19.9. The number of carbonyl (C=O) groups excluding carboxylic acids is 1. The van der Waals surface area contributed by atoms with E-state index in [1.54, 1.807) is 13.1 Å². The van der Waals surface area contributed by atoms with Gasteiger partial charge in [-0.05, 0) is 44.7 Å². The number of nitrogens with zero attached hydrogens (tertiary/aromatic N) is 3. The Morgan fingerprint density at radius 2 is 1.83 bits per heavy atom. The molecule has 1 aromatic heterocycles. The molecular formula is C24H42N4O2. The average Bonchev–Trinajstić information content (AvgIpc) is 3.19. The first-order valence-corrected chi connectivity index (χ1v) is 11.1. The Bertz CT molecular complexity index is 683. The van der Waals surface area contributed by atoms with Gasteiger partial charge in [-0.3, -0.25) is 0 Å². The van der Waals surface area contributed by atoms with Gasteiger partial charge in [0.2, 0.25) is 5.95 Å². The predicted molar refractivity (Wildman–Crippen MR) is 128 cm³/mol. The molecule has 0 spiro atoms. The van der Waals surface area contributed by atoms with E-state index in [9.17, 15) is 4.79 Å². The summed E-state index contributed by atoms with van der Waals surface area (Å²) in [6, 6.07) is 0. The van der Waals surface area contributed by atoms with Crippen LogP contribution in [0, 0.1) is 5.92 Å². The van der Waals surface area contributed by atoms with E-state index < -0.39 is 0 Å². The number of rotatable bonds is 8. The zero-order chi connectivity index (χ0) is 23.1. The maximum absolute atomic E-state index is 12.3. The molecule has 0 bridgehead atoms. The first-order valence-electron chi connectivity index (χ1n) is 11.1. The zero-order valence-electron chi connectivity index (χ0n) is 19.9. The minimum absolute atomic E-state index is 0.331. The van der Waals surface area contributed by atoms with Crippen LogP contribution in [0.15, 0.2) is 42.7 Å². The SMILES string of the molecule is C=C(C)/C=C\C(=C)Cn1c(C(=O)OCC)cnc1N1CCC(CN)CC1.CC.CC. The highest BCUT2D eigenvalue weighted by Crippen LogP contribution is 2.24. The van der Waals surface area contributed by atoms with E-state index >= 15 is 0 Å². The van der Waals surface area contributed by atoms with Crippen molar-refractivity contribution in [3.8, 4) is 0 Å². The number of hydrogen-bond acceptors (Lipinski definition) is 5. The number of allylic oxidation sites excluding steroid dienone is 4. The van der Waals surface area contributed by atoms with Gasteiger partial charge in [-0.2, -0.15) is 0 Å². The van der Waals surface area contributed by atoms with Crippen molar-refractivity contribution in [3.05, 3.63) is 48.3 Å². The summed E-state index contributed by atoms with van der Waals surface area (Å²) in [6.45, 7) is 23.0. The standard InChI is InChI=1S/C20H30N4O2.2C2H6/c1-5-26-19(25)18-13-22-20(23-10-8-17(12-21)9-11-23)24(18)14-16(4)7-6-15(2)3;2*1-2/h6-7,13,17H,2,4-5,8-12,14,21H2,1,3H3;2*1-2H3/b7-6-;;. The number of nitrogens with two attached hydrogens (primary N) is 1. The van der Waals surface area contributed by atoms with Gasteiger partial charge >= 0.3 is 5.97 Å². The van der Waals surface area contributed by atoms with Gasteiger partial charge in [0.05, 0.1) is 19.3 Å². The van der Waals surface area contributed by atoms with Gasteiger partial charge in [0, 0.05) is 13.1 Å². The van der Waals surface area contributed by atoms with Crippen LogP contribution in [0.3, 0.4) is 0 Å². The highest BCUT2D eigenvalue weighted by molar-refractivity contribution is 5.88. The summed E-state index contributed by atoms with van der Waals surface area (Å²) in [5.41, 5.74) is 8.06. The maximum atomic E-state index is 12.3. The normalized spacial score (nSPS) is 13.8. The summed E-state index contributed by atoms with van der Waals surface area (Å²) in [5.74, 6) is 0.987. The first-order chi connectivity index (χ1) is 14.5. The van der Waals surface area contributed by atoms with Crippen LogP contribution in [0.25, 0.3) is 0 Å². The first kappa shape index (κ1) is 27.7. The third-order valence-corrected chi connectivity index (χ3v) is 4.51. The number of imidazole rings is 1. The van der Waals surface area contributed by atoms with Crippen LogP contribution >= 0.6 is 0 Å². The Kier molecular flexibility index (Phi) is 14.3. The molecule has 1 aromatic rings. The van der Waals surface area contributed by atoms with Crippen LogP contribution < -0.4 is 10.6 Å². The van der Waals surface area contributed by atoms with Gasteiger partial charge in [-0.1, -0.05) is 58.6 Å². The molecule has 1 aliphatic heterocycles. The van der Waals surface area contributed by atoms with Gasteiger partial charge < -0.3 is 19.9 Å². The molecule has 170 valence electrons. The fourth-order valence-electron chi connectivity index (χ4n) is 3.03. The maximum Gasteiger partial charge on any atom is 0.356 e. The molecule has 6 nitrogen and oxygen atoms in total. The molecule has 6 heteroatoms. The molecule has 1 saturated heterocycles. The van der Waals surface area contributed by atoms with Crippen molar-refractivity contribution in [2.24, 2.45) is 11.7 Å². The number of carbonyl (C=O) groups is 1. The lowest BCUT2D eigenvalue weighted by Gasteiger charge is -2.32. The third-order valence-electron chi connectivity index (χ3n) is 4.51. The fourth-order valence-corrected chi connectivity index (χ4v) is 3.03. The quantitative estimate of drug-likeness (QED) is 0.476. The fraction of sp³-hybridized carbons (Fsp3) is 0.583. The number of ether oxygens (including phenoxy) is 1. The molecule has 0 unspecified atom stereocenters. The molecule has 0 atom stereocenters. The largest absolute Gasteiger partial charge is 0.461 e. The van der Waals surface area contributed by atoms with Crippen LogP contribution in [0.1, 0.15) is 64.9 Å². The van der Waals surface area contributed by atoms with E-state index in [1.807, 2.05) is 51.3 Å². The molecule has 2 heterocycles. The Morgan fingerprint density at radius 1 is 1.23 bits per heavy atom. The summed E-state index contributed by atoms with van der Waals surface area (Å²) in [4.78, 5) is 19.1. The molecule has 1 fully saturated rings. The number of hydrogen-bond donors (Lipinski definition) is 1. The molecular weight excluding hydrogens is 376 g/mol. The molecule has 2 N–H and O–H groups in total. The van der Waals surface area contributed by atoms with E-state index in [2.05, 4.69) is 23.0 Å². The average molecular weight is 419 g/mol. The second kappa shape index (κ2) is 15.5. The minimum Gasteiger partial charge on any atom is -0.461 e. The molecule has 2 rings (SSSR count). The van der Waals surface area contributed by atoms with Gasteiger partial charge in [0.1, 0.15) is 5.69 Å². The molecule has 0 amide bonds. The second-order valence-electron chi connectivity index (χ2n) is 6.75. The van der Waals surface area contributed by atoms with Crippen molar-refractivity contribution < 1.29 is 9.53 Å². The van der Waals surface area contributed by atoms with Gasteiger partial charge in [-0.15, -0.1) is 0 Å². The lowest BCUT2D eigenvalue weighted by Crippen LogP contribution is -2.37. The van der Waals surface area contributed by atoms with E-state index in [0.29, 0.717) is 24.8 Å². The predicted octanol–water partition coefficient (Wildman–Crippen LogP) is 4.98. The Balaban J connectivity index is 0.00000198. The van der Waals surface area contributed by atoms with E-state index in [0.717, 1.165) is 49.6 Å². The number of anilines is 1. The molecule has 30 heavy (non-hydrogen) atoms. The summed E-state index contributed by atoms with van der Waals surface area (Å²) in [7, 11) is 0. The summed E-state index contributed by atoms with van der Waals surface area (Å²) in [5, 5.41) is 0. The number of esters is 1. The Labute approximate surface area is 183 Å². The van der Waals surface area contributed by atoms with Gasteiger partial charge in [0.25, 0.3) is 0 Å². The van der Waals surface area contributed by atoms with Gasteiger partial charge in [-0.25, -0.2) is 9.78 Å². The van der Waals surface area contributed by atoms with E-state index in [1.165, 1.54) is 0 Å². The van der Waals surface area contributed by atoms with E-state index in [4.69, 9.17) is 10.5 Å². The van der Waals surface area contributed by atoms with Crippen molar-refractivity contribution in [1.82, 2.24) is 9.55 Å². The highest BCUT2D eigenvalue weighted by Gasteiger charge is 2.25. The van der Waals surface area contributed by atoms with Crippen LogP contribution in [0.4, 0.5) is 5.95 Å². The molecule has 1 aliphatic rings. The van der Waals surface area contributed by atoms with Crippen molar-refractivity contribution in [2.45, 2.75) is 60.9 Å². The molecule has 0 saturated carbocycles. The number of aromatic nitrogens is 2. The number of piperidine rings is 1. The monoisotopic (exact) mass is 418 g/mol. The summed E-state index contributed by atoms with van der Waals surface area (Å²) in [6.07, 6.45) is 7.50. The smallest absolute Gasteiger partial charge is 0.356 e. The molecule has 0 aromatic carbocycles. The van der Waals surface area contributed by atoms with Crippen LogP contribution in [-0.2, 0) is 11.3 Å². The van der Waals surface area contributed by atoms with Crippen molar-refractivity contribution in [3.63, 3.8) is 0 Å². The van der Waals surface area contributed by atoms with Crippen LogP contribution in [0.2, 0.25) is 0 Å². The van der Waals surface area contributed by atoms with Crippen LogP contribution in [0.5, 0.6) is 0 Å². The lowest BCUT2D eigenvalue weighted by molar-refractivity contribution is 0.0514. The van der Waals surface area contributed by atoms with Crippen molar-refractivity contribution >= 4 is 11.9 Å². The van der Waals surface area contributed by atoms with Crippen molar-refractivity contribution in [1.29, 1.82) is 0 Å².